The monoisotopic (exact) mass is 362 g/mol. The summed E-state index contributed by atoms with van der Waals surface area (Å²) in [6.45, 7) is 3.70. The van der Waals surface area contributed by atoms with Crippen LogP contribution in [-0.4, -0.2) is 23.1 Å². The smallest absolute Gasteiger partial charge is 0.326 e. The zero-order valence-electron chi connectivity index (χ0n) is 11.2. The number of carbonyl (C=O) groups excluding carboxylic acids is 1. The van der Waals surface area contributed by atoms with Crippen LogP contribution in [0.25, 0.3) is 0 Å². The number of carboxylic acids is 1. The Hall–Kier alpha value is -1.27. The molecule has 0 radical (unpaired) electrons. The van der Waals surface area contributed by atoms with Crippen molar-refractivity contribution in [2.24, 2.45) is 0 Å². The molecular weight excluding hydrogens is 348 g/mol. The SMILES string of the molecule is CCCC(NC(=O)Nc1cc(Cl)c(C)cc1Br)C(=O)O. The molecule has 0 heterocycles. The van der Waals surface area contributed by atoms with E-state index in [1.807, 2.05) is 13.8 Å². The van der Waals surface area contributed by atoms with Crippen molar-refractivity contribution in [3.8, 4) is 0 Å². The zero-order valence-corrected chi connectivity index (χ0v) is 13.5. The van der Waals surface area contributed by atoms with Crippen LogP contribution in [0.15, 0.2) is 16.6 Å². The highest BCUT2D eigenvalue weighted by atomic mass is 79.9. The Morgan fingerprint density at radius 1 is 1.45 bits per heavy atom. The normalized spacial score (nSPS) is 11.8. The van der Waals surface area contributed by atoms with Crippen LogP contribution in [0.4, 0.5) is 10.5 Å². The third kappa shape index (κ3) is 4.68. The topological polar surface area (TPSA) is 78.4 Å². The number of carbonyl (C=O) groups is 2. The minimum atomic E-state index is -1.05. The molecule has 0 saturated heterocycles. The zero-order chi connectivity index (χ0) is 15.3. The summed E-state index contributed by atoms with van der Waals surface area (Å²) < 4.78 is 0.678. The van der Waals surface area contributed by atoms with Gasteiger partial charge in [0.2, 0.25) is 0 Å². The molecule has 1 atom stereocenters. The van der Waals surface area contributed by atoms with Gasteiger partial charge in [0.05, 0.1) is 5.69 Å². The van der Waals surface area contributed by atoms with Gasteiger partial charge in [-0.3, -0.25) is 0 Å². The summed E-state index contributed by atoms with van der Waals surface area (Å²) in [6, 6.07) is 1.90. The highest BCUT2D eigenvalue weighted by Crippen LogP contribution is 2.29. The van der Waals surface area contributed by atoms with Gasteiger partial charge in [-0.05, 0) is 47.0 Å². The van der Waals surface area contributed by atoms with Crippen molar-refractivity contribution in [2.75, 3.05) is 5.32 Å². The molecule has 1 aromatic carbocycles. The van der Waals surface area contributed by atoms with Gasteiger partial charge >= 0.3 is 12.0 Å². The molecule has 2 amide bonds. The number of hydrogen-bond donors (Lipinski definition) is 3. The van der Waals surface area contributed by atoms with Crippen molar-refractivity contribution >= 4 is 45.2 Å². The second kappa shape index (κ2) is 7.50. The van der Waals surface area contributed by atoms with Crippen molar-refractivity contribution in [1.29, 1.82) is 0 Å². The van der Waals surface area contributed by atoms with Crippen LogP contribution in [0.1, 0.15) is 25.3 Å². The van der Waals surface area contributed by atoms with E-state index in [4.69, 9.17) is 16.7 Å². The first-order chi connectivity index (χ1) is 9.35. The number of anilines is 1. The molecule has 0 aliphatic carbocycles. The van der Waals surface area contributed by atoms with E-state index in [1.165, 1.54) is 0 Å². The molecule has 0 aliphatic heterocycles. The number of aliphatic carboxylic acids is 1. The lowest BCUT2D eigenvalue weighted by atomic mass is 10.2. The lowest BCUT2D eigenvalue weighted by molar-refractivity contribution is -0.139. The second-order valence-corrected chi connectivity index (χ2v) is 5.62. The van der Waals surface area contributed by atoms with E-state index in [0.29, 0.717) is 28.0 Å². The van der Waals surface area contributed by atoms with Gasteiger partial charge in [0.25, 0.3) is 0 Å². The molecule has 0 aliphatic rings. The van der Waals surface area contributed by atoms with Crippen molar-refractivity contribution < 1.29 is 14.7 Å². The van der Waals surface area contributed by atoms with E-state index in [-0.39, 0.29) is 0 Å². The number of rotatable bonds is 5. The fourth-order valence-corrected chi connectivity index (χ4v) is 2.33. The number of nitrogens with one attached hydrogen (secondary N) is 2. The van der Waals surface area contributed by atoms with Gasteiger partial charge in [0.15, 0.2) is 0 Å². The van der Waals surface area contributed by atoms with E-state index >= 15 is 0 Å². The highest BCUT2D eigenvalue weighted by molar-refractivity contribution is 9.10. The van der Waals surface area contributed by atoms with Gasteiger partial charge in [0.1, 0.15) is 6.04 Å². The maximum atomic E-state index is 11.8. The van der Waals surface area contributed by atoms with Crippen LogP contribution in [-0.2, 0) is 4.79 Å². The van der Waals surface area contributed by atoms with Gasteiger partial charge < -0.3 is 15.7 Å². The quantitative estimate of drug-likeness (QED) is 0.745. The maximum Gasteiger partial charge on any atom is 0.326 e. The van der Waals surface area contributed by atoms with Crippen LogP contribution in [0.5, 0.6) is 0 Å². The van der Waals surface area contributed by atoms with Gasteiger partial charge in [-0.1, -0.05) is 24.9 Å². The van der Waals surface area contributed by atoms with E-state index in [0.717, 1.165) is 5.56 Å². The van der Waals surface area contributed by atoms with Crippen molar-refractivity contribution in [3.05, 3.63) is 27.2 Å². The standard InChI is InChI=1S/C13H16BrClN2O3/c1-3-4-10(12(18)19)16-13(20)17-11-6-9(15)7(2)5-8(11)14/h5-6,10H,3-4H2,1-2H3,(H,18,19)(H2,16,17,20). The molecule has 0 saturated carbocycles. The lowest BCUT2D eigenvalue weighted by Gasteiger charge is -2.15. The highest BCUT2D eigenvalue weighted by Gasteiger charge is 2.19. The van der Waals surface area contributed by atoms with E-state index in [1.54, 1.807) is 12.1 Å². The molecule has 0 fully saturated rings. The Kier molecular flexibility index (Phi) is 6.29. The van der Waals surface area contributed by atoms with Gasteiger partial charge in [-0.15, -0.1) is 0 Å². The third-order valence-corrected chi connectivity index (χ3v) is 3.74. The first-order valence-corrected chi connectivity index (χ1v) is 7.28. The molecule has 0 spiro atoms. The molecule has 0 aromatic heterocycles. The van der Waals surface area contributed by atoms with Crippen LogP contribution in [0, 0.1) is 6.92 Å². The van der Waals surface area contributed by atoms with Crippen LogP contribution in [0.3, 0.4) is 0 Å². The molecule has 1 aromatic rings. The van der Waals surface area contributed by atoms with E-state index in [2.05, 4.69) is 26.6 Å². The van der Waals surface area contributed by atoms with Crippen molar-refractivity contribution in [1.82, 2.24) is 5.32 Å². The van der Waals surface area contributed by atoms with Gasteiger partial charge in [-0.25, -0.2) is 9.59 Å². The Bertz CT molecular complexity index is 523. The van der Waals surface area contributed by atoms with E-state index in [9.17, 15) is 9.59 Å². The minimum absolute atomic E-state index is 0.374. The largest absolute Gasteiger partial charge is 0.480 e. The van der Waals surface area contributed by atoms with Crippen LogP contribution in [0.2, 0.25) is 5.02 Å². The third-order valence-electron chi connectivity index (χ3n) is 2.68. The molecule has 1 unspecified atom stereocenters. The lowest BCUT2D eigenvalue weighted by Crippen LogP contribution is -2.42. The summed E-state index contributed by atoms with van der Waals surface area (Å²) in [6.07, 6.45) is 1.04. The van der Waals surface area contributed by atoms with Crippen LogP contribution >= 0.6 is 27.5 Å². The summed E-state index contributed by atoms with van der Waals surface area (Å²) in [5, 5.41) is 14.5. The average molecular weight is 364 g/mol. The molecule has 110 valence electrons. The Labute approximate surface area is 130 Å². The second-order valence-electron chi connectivity index (χ2n) is 4.36. The van der Waals surface area contributed by atoms with Gasteiger partial charge in [-0.2, -0.15) is 0 Å². The molecule has 0 bridgehead atoms. The molecule has 1 rings (SSSR count). The number of urea groups is 1. The maximum absolute atomic E-state index is 11.8. The molecular formula is C13H16BrClN2O3. The summed E-state index contributed by atoms with van der Waals surface area (Å²) >= 11 is 9.31. The number of halogens is 2. The average Bonchev–Trinajstić information content (AvgIpc) is 2.35. The summed E-state index contributed by atoms with van der Waals surface area (Å²) in [7, 11) is 0. The molecule has 20 heavy (non-hydrogen) atoms. The number of benzene rings is 1. The van der Waals surface area contributed by atoms with Crippen molar-refractivity contribution in [2.45, 2.75) is 32.7 Å². The molecule has 5 nitrogen and oxygen atoms in total. The molecule has 3 N–H and O–H groups in total. The van der Waals surface area contributed by atoms with E-state index < -0.39 is 18.0 Å². The first-order valence-electron chi connectivity index (χ1n) is 6.11. The number of amides is 2. The Balaban J connectivity index is 2.75. The number of carboxylic acid groups (broad SMARTS) is 1. The summed E-state index contributed by atoms with van der Waals surface area (Å²) in [5.74, 6) is -1.05. The fourth-order valence-electron chi connectivity index (χ4n) is 1.60. The predicted octanol–water partition coefficient (Wildman–Crippen LogP) is 3.79. The first kappa shape index (κ1) is 16.8. The Morgan fingerprint density at radius 2 is 2.10 bits per heavy atom. The van der Waals surface area contributed by atoms with Gasteiger partial charge in [0, 0.05) is 9.50 Å². The summed E-state index contributed by atoms with van der Waals surface area (Å²) in [5.41, 5.74) is 1.36. The Morgan fingerprint density at radius 3 is 2.65 bits per heavy atom. The minimum Gasteiger partial charge on any atom is -0.480 e. The summed E-state index contributed by atoms with van der Waals surface area (Å²) in [4.78, 5) is 22.8. The fraction of sp³-hybridized carbons (Fsp3) is 0.385. The molecule has 7 heteroatoms. The number of aryl methyl sites for hydroxylation is 1. The predicted molar refractivity (Wildman–Crippen MR) is 82.4 cm³/mol. The number of hydrogen-bond acceptors (Lipinski definition) is 2. The van der Waals surface area contributed by atoms with Crippen molar-refractivity contribution in [3.63, 3.8) is 0 Å². The van der Waals surface area contributed by atoms with Crippen LogP contribution < -0.4 is 10.6 Å².